The zero-order valence-electron chi connectivity index (χ0n) is 7.62. The van der Waals surface area contributed by atoms with Gasteiger partial charge in [0.05, 0.1) is 22.2 Å². The van der Waals surface area contributed by atoms with Gasteiger partial charge in [-0.1, -0.05) is 0 Å². The summed E-state index contributed by atoms with van der Waals surface area (Å²) < 4.78 is 5.80. The maximum absolute atomic E-state index is 11.5. The van der Waals surface area contributed by atoms with Crippen molar-refractivity contribution in [1.29, 1.82) is 0 Å². The summed E-state index contributed by atoms with van der Waals surface area (Å²) in [6, 6.07) is 2.78. The fourth-order valence-electron chi connectivity index (χ4n) is 1.45. The van der Waals surface area contributed by atoms with Crippen molar-refractivity contribution in [3.05, 3.63) is 27.7 Å². The van der Waals surface area contributed by atoms with E-state index in [1.165, 1.54) is 12.1 Å². The molecular formula is C10H7BrO4. The summed E-state index contributed by atoms with van der Waals surface area (Å²) in [7, 11) is 0. The van der Waals surface area contributed by atoms with Gasteiger partial charge in [0.25, 0.3) is 0 Å². The number of ketones is 1. The Kier molecular flexibility index (Phi) is 2.48. The second kappa shape index (κ2) is 3.66. The van der Waals surface area contributed by atoms with Crippen LogP contribution in [-0.2, 0) is 0 Å². The molecule has 1 aromatic carbocycles. The number of rotatable bonds is 1. The van der Waals surface area contributed by atoms with Crippen LogP contribution in [0.2, 0.25) is 0 Å². The Labute approximate surface area is 94.0 Å². The predicted molar refractivity (Wildman–Crippen MR) is 55.5 cm³/mol. The number of aromatic carboxylic acids is 1. The summed E-state index contributed by atoms with van der Waals surface area (Å²) in [6.45, 7) is 0.344. The molecule has 0 bridgehead atoms. The van der Waals surface area contributed by atoms with E-state index in [1.807, 2.05) is 0 Å². The standard InChI is InChI=1S/C10H7BrO4/c11-7-4-5(10(13)14)3-6-8(12)1-2-15-9(6)7/h3-4H,1-2H2,(H,13,14). The third-order valence-electron chi connectivity index (χ3n) is 2.17. The molecule has 5 heteroatoms. The number of Topliss-reactive ketones (excluding diaryl/α,β-unsaturated/α-hetero) is 1. The molecule has 1 aromatic rings. The molecule has 1 aliphatic rings. The molecule has 0 aliphatic carbocycles. The first-order valence-corrected chi connectivity index (χ1v) is 5.11. The zero-order chi connectivity index (χ0) is 11.0. The van der Waals surface area contributed by atoms with Crippen molar-refractivity contribution in [3.8, 4) is 5.75 Å². The van der Waals surface area contributed by atoms with Crippen molar-refractivity contribution in [3.63, 3.8) is 0 Å². The van der Waals surface area contributed by atoms with Gasteiger partial charge in [-0.15, -0.1) is 0 Å². The fourth-order valence-corrected chi connectivity index (χ4v) is 2.03. The zero-order valence-corrected chi connectivity index (χ0v) is 9.20. The molecule has 0 atom stereocenters. The van der Waals surface area contributed by atoms with Gasteiger partial charge in [0.2, 0.25) is 0 Å². The third-order valence-corrected chi connectivity index (χ3v) is 2.76. The first-order chi connectivity index (χ1) is 7.09. The lowest BCUT2D eigenvalue weighted by atomic mass is 10.0. The normalized spacial score (nSPS) is 14.3. The van der Waals surface area contributed by atoms with Crippen LogP contribution in [0.25, 0.3) is 0 Å². The highest BCUT2D eigenvalue weighted by Crippen LogP contribution is 2.34. The Morgan fingerprint density at radius 1 is 1.47 bits per heavy atom. The Bertz CT molecular complexity index is 453. The largest absolute Gasteiger partial charge is 0.491 e. The number of hydrogen-bond donors (Lipinski definition) is 1. The maximum Gasteiger partial charge on any atom is 0.335 e. The Morgan fingerprint density at radius 3 is 2.87 bits per heavy atom. The van der Waals surface area contributed by atoms with Crippen LogP contribution in [0.4, 0.5) is 0 Å². The van der Waals surface area contributed by atoms with Crippen molar-refractivity contribution in [2.45, 2.75) is 6.42 Å². The monoisotopic (exact) mass is 270 g/mol. The van der Waals surface area contributed by atoms with Crippen LogP contribution >= 0.6 is 15.9 Å². The lowest BCUT2D eigenvalue weighted by molar-refractivity contribution is 0.0696. The minimum Gasteiger partial charge on any atom is -0.491 e. The number of carboxylic acid groups (broad SMARTS) is 1. The van der Waals surface area contributed by atoms with E-state index in [-0.39, 0.29) is 11.3 Å². The number of carbonyl (C=O) groups is 2. The van der Waals surface area contributed by atoms with Crippen LogP contribution in [0.3, 0.4) is 0 Å². The lowest BCUT2D eigenvalue weighted by Crippen LogP contribution is -2.16. The summed E-state index contributed by atoms with van der Waals surface area (Å²) in [4.78, 5) is 22.3. The average Bonchev–Trinajstić information content (AvgIpc) is 2.19. The van der Waals surface area contributed by atoms with E-state index in [0.29, 0.717) is 28.8 Å². The van der Waals surface area contributed by atoms with Crippen LogP contribution in [0.15, 0.2) is 16.6 Å². The molecule has 2 rings (SSSR count). The fraction of sp³-hybridized carbons (Fsp3) is 0.200. The quantitative estimate of drug-likeness (QED) is 0.849. The Balaban J connectivity index is 2.61. The van der Waals surface area contributed by atoms with Gasteiger partial charge >= 0.3 is 5.97 Å². The van der Waals surface area contributed by atoms with E-state index >= 15 is 0 Å². The van der Waals surface area contributed by atoms with Crippen LogP contribution in [0.5, 0.6) is 5.75 Å². The minimum atomic E-state index is -1.06. The van der Waals surface area contributed by atoms with Crippen LogP contribution in [0, 0.1) is 0 Å². The van der Waals surface area contributed by atoms with Crippen LogP contribution in [0.1, 0.15) is 27.1 Å². The van der Waals surface area contributed by atoms with Gasteiger partial charge < -0.3 is 9.84 Å². The number of carbonyl (C=O) groups excluding carboxylic acids is 1. The molecule has 1 N–H and O–H groups in total. The van der Waals surface area contributed by atoms with E-state index in [0.717, 1.165) is 0 Å². The molecule has 0 amide bonds. The van der Waals surface area contributed by atoms with Crippen molar-refractivity contribution in [2.24, 2.45) is 0 Å². The summed E-state index contributed by atoms with van der Waals surface area (Å²) in [5.74, 6) is -0.701. The van der Waals surface area contributed by atoms with Gasteiger partial charge in [-0.2, -0.15) is 0 Å². The van der Waals surface area contributed by atoms with E-state index in [2.05, 4.69) is 15.9 Å². The molecule has 1 aliphatic heterocycles. The second-order valence-electron chi connectivity index (χ2n) is 3.16. The Hall–Kier alpha value is -1.36. The first-order valence-electron chi connectivity index (χ1n) is 4.32. The number of carboxylic acids is 1. The minimum absolute atomic E-state index is 0.0828. The van der Waals surface area contributed by atoms with Gasteiger partial charge in [-0.05, 0) is 28.1 Å². The third kappa shape index (κ3) is 1.74. The highest BCUT2D eigenvalue weighted by molar-refractivity contribution is 9.10. The summed E-state index contributed by atoms with van der Waals surface area (Å²) in [5, 5.41) is 8.82. The predicted octanol–water partition coefficient (Wildman–Crippen LogP) is 2.11. The molecule has 0 saturated heterocycles. The molecule has 0 fully saturated rings. The molecule has 78 valence electrons. The van der Waals surface area contributed by atoms with Gasteiger partial charge in [0, 0.05) is 6.42 Å². The average molecular weight is 271 g/mol. The van der Waals surface area contributed by atoms with Gasteiger partial charge in [-0.25, -0.2) is 4.79 Å². The summed E-state index contributed by atoms with van der Waals surface area (Å²) in [6.07, 6.45) is 0.294. The van der Waals surface area contributed by atoms with Gasteiger partial charge in [0.1, 0.15) is 5.75 Å². The molecular weight excluding hydrogens is 264 g/mol. The number of halogens is 1. The van der Waals surface area contributed by atoms with E-state index in [4.69, 9.17) is 9.84 Å². The molecule has 0 aromatic heterocycles. The molecule has 0 radical (unpaired) electrons. The number of benzene rings is 1. The van der Waals surface area contributed by atoms with Crippen molar-refractivity contribution in [1.82, 2.24) is 0 Å². The molecule has 0 spiro atoms. The molecule has 1 heterocycles. The molecule has 4 nitrogen and oxygen atoms in total. The SMILES string of the molecule is O=C(O)c1cc(Br)c2c(c1)C(=O)CCO2. The van der Waals surface area contributed by atoms with Crippen molar-refractivity contribution in [2.75, 3.05) is 6.61 Å². The number of fused-ring (bicyclic) bond motifs is 1. The molecule has 0 saturated carbocycles. The highest BCUT2D eigenvalue weighted by Gasteiger charge is 2.23. The van der Waals surface area contributed by atoms with Crippen LogP contribution in [-0.4, -0.2) is 23.5 Å². The van der Waals surface area contributed by atoms with Crippen molar-refractivity contribution >= 4 is 27.7 Å². The van der Waals surface area contributed by atoms with Gasteiger partial charge in [0.15, 0.2) is 5.78 Å². The van der Waals surface area contributed by atoms with Gasteiger partial charge in [-0.3, -0.25) is 4.79 Å². The number of hydrogen-bond acceptors (Lipinski definition) is 3. The first kappa shape index (κ1) is 10.2. The summed E-state index contributed by atoms with van der Waals surface area (Å²) >= 11 is 3.19. The topological polar surface area (TPSA) is 63.6 Å². The second-order valence-corrected chi connectivity index (χ2v) is 4.02. The molecule has 0 unspecified atom stereocenters. The molecule has 15 heavy (non-hydrogen) atoms. The number of ether oxygens (including phenoxy) is 1. The van der Waals surface area contributed by atoms with E-state index < -0.39 is 5.97 Å². The lowest BCUT2D eigenvalue weighted by Gasteiger charge is -2.17. The summed E-state index contributed by atoms with van der Waals surface area (Å²) in [5.41, 5.74) is 0.424. The van der Waals surface area contributed by atoms with E-state index in [1.54, 1.807) is 0 Å². The maximum atomic E-state index is 11.5. The highest BCUT2D eigenvalue weighted by atomic mass is 79.9. The smallest absolute Gasteiger partial charge is 0.335 e. The van der Waals surface area contributed by atoms with Crippen molar-refractivity contribution < 1.29 is 19.4 Å². The van der Waals surface area contributed by atoms with Crippen LogP contribution < -0.4 is 4.74 Å². The Morgan fingerprint density at radius 2 is 2.20 bits per heavy atom. The van der Waals surface area contributed by atoms with E-state index in [9.17, 15) is 9.59 Å².